The number of ether oxygens (including phenoxy) is 1. The van der Waals surface area contributed by atoms with Crippen molar-refractivity contribution in [3.05, 3.63) is 110 Å². The first-order chi connectivity index (χ1) is 25.4. The first-order valence-electron chi connectivity index (χ1n) is 17.1. The molecule has 0 aliphatic carbocycles. The highest BCUT2D eigenvalue weighted by Crippen LogP contribution is 2.34. The minimum atomic E-state index is -1.06. The van der Waals surface area contributed by atoms with Gasteiger partial charge in [0.25, 0.3) is 23.3 Å². The number of amides is 5. The highest BCUT2D eigenvalue weighted by Gasteiger charge is 2.44. The summed E-state index contributed by atoms with van der Waals surface area (Å²) >= 11 is 3.40. The lowest BCUT2D eigenvalue weighted by atomic mass is 9.87. The molecule has 5 amide bonds. The van der Waals surface area contributed by atoms with Crippen molar-refractivity contribution in [3.8, 4) is 11.5 Å². The highest BCUT2D eigenvalue weighted by atomic mass is 79.9. The van der Waals surface area contributed by atoms with Crippen LogP contribution in [0.15, 0.2) is 82.2 Å². The van der Waals surface area contributed by atoms with Gasteiger partial charge in [0.1, 0.15) is 22.0 Å². The van der Waals surface area contributed by atoms with Crippen LogP contribution in [0.1, 0.15) is 61.8 Å². The van der Waals surface area contributed by atoms with E-state index in [2.05, 4.69) is 43.6 Å². The fourth-order valence-electron chi connectivity index (χ4n) is 7.11. The molecule has 0 saturated carbocycles. The predicted octanol–water partition coefficient (Wildman–Crippen LogP) is 3.91. The molecule has 4 heterocycles. The lowest BCUT2D eigenvalue weighted by Gasteiger charge is -2.37. The van der Waals surface area contributed by atoms with Crippen LogP contribution in [0, 0.1) is 0 Å². The summed E-state index contributed by atoms with van der Waals surface area (Å²) in [5.41, 5.74) is 2.89. The summed E-state index contributed by atoms with van der Waals surface area (Å²) in [7, 11) is 5.34. The van der Waals surface area contributed by atoms with Gasteiger partial charge in [-0.05, 0) is 89.8 Å². The number of aryl methyl sites for hydroxylation is 1. The third kappa shape index (κ3) is 7.09. The van der Waals surface area contributed by atoms with Crippen LogP contribution in [-0.4, -0.2) is 88.4 Å². The van der Waals surface area contributed by atoms with Crippen LogP contribution in [0.5, 0.6) is 11.5 Å². The van der Waals surface area contributed by atoms with Crippen LogP contribution < -0.4 is 25.8 Å². The molecule has 15 heteroatoms. The Morgan fingerprint density at radius 3 is 2.43 bits per heavy atom. The summed E-state index contributed by atoms with van der Waals surface area (Å²) in [6.07, 6.45) is 2.58. The maximum atomic E-state index is 13.6. The van der Waals surface area contributed by atoms with Gasteiger partial charge in [-0.25, -0.2) is 4.68 Å². The van der Waals surface area contributed by atoms with Crippen LogP contribution in [-0.2, 0) is 16.6 Å². The van der Waals surface area contributed by atoms with Crippen molar-refractivity contribution >= 4 is 56.8 Å². The van der Waals surface area contributed by atoms with E-state index >= 15 is 0 Å². The molecule has 0 bridgehead atoms. The van der Waals surface area contributed by atoms with Gasteiger partial charge in [0, 0.05) is 57.0 Å². The third-order valence-electron chi connectivity index (χ3n) is 9.86. The third-order valence-corrected chi connectivity index (χ3v) is 10.6. The average molecular weight is 783 g/mol. The van der Waals surface area contributed by atoms with E-state index in [4.69, 9.17) is 4.74 Å². The molecule has 7 rings (SSSR count). The predicted molar refractivity (Wildman–Crippen MR) is 198 cm³/mol. The van der Waals surface area contributed by atoms with Gasteiger partial charge in [0.15, 0.2) is 0 Å². The van der Waals surface area contributed by atoms with Crippen LogP contribution in [0.25, 0.3) is 0 Å². The summed E-state index contributed by atoms with van der Waals surface area (Å²) in [5.74, 6) is -1.67. The number of nitrogens with zero attached hydrogens (tertiary/aromatic N) is 5. The van der Waals surface area contributed by atoms with Gasteiger partial charge in [-0.1, -0.05) is 18.2 Å². The Balaban J connectivity index is 1.01. The Kier molecular flexibility index (Phi) is 9.70. The summed E-state index contributed by atoms with van der Waals surface area (Å²) in [5, 5.41) is 9.80. The van der Waals surface area contributed by atoms with E-state index in [1.807, 2.05) is 24.3 Å². The maximum absolute atomic E-state index is 13.6. The Hall–Kier alpha value is -5.67. The molecule has 272 valence electrons. The van der Waals surface area contributed by atoms with Gasteiger partial charge in [0.2, 0.25) is 11.8 Å². The number of imide groups is 2. The highest BCUT2D eigenvalue weighted by molar-refractivity contribution is 9.10. The van der Waals surface area contributed by atoms with Gasteiger partial charge in [-0.15, -0.1) is 0 Å². The number of rotatable bonds is 8. The second-order valence-electron chi connectivity index (χ2n) is 13.5. The number of benzene rings is 3. The molecular formula is C38H36BrN7O7. The molecule has 0 radical (unpaired) electrons. The SMILES string of the molecule is CN1C[C@H](Nc2cnn(C)c(=O)c2Br)C[C@H](c2ccc(C(=O)N(C)c3cccc(Oc4ccc5c(c4)C(=O)N(C4CCC(=O)NC4=O)C5=O)c3)cc2)C1. The second-order valence-corrected chi connectivity index (χ2v) is 14.3. The monoisotopic (exact) mass is 781 g/mol. The lowest BCUT2D eigenvalue weighted by molar-refractivity contribution is -0.136. The quantitative estimate of drug-likeness (QED) is 0.251. The van der Waals surface area contributed by atoms with Crippen LogP contribution in [0.4, 0.5) is 11.4 Å². The number of carbonyl (C=O) groups is 5. The Labute approximate surface area is 312 Å². The number of halogens is 1. The number of likely N-dealkylation sites (N-methyl/N-ethyl adjacent to an activating group) is 1. The number of nitrogens with one attached hydrogen (secondary N) is 2. The molecule has 1 unspecified atom stereocenters. The van der Waals surface area contributed by atoms with Crippen molar-refractivity contribution in [2.45, 2.75) is 37.3 Å². The van der Waals surface area contributed by atoms with E-state index in [9.17, 15) is 28.8 Å². The molecule has 2 N–H and O–H groups in total. The molecule has 4 aromatic rings. The van der Waals surface area contributed by atoms with Crippen molar-refractivity contribution in [1.82, 2.24) is 24.9 Å². The summed E-state index contributed by atoms with van der Waals surface area (Å²) < 4.78 is 7.78. The van der Waals surface area contributed by atoms with Crippen molar-refractivity contribution in [2.24, 2.45) is 7.05 Å². The second kappa shape index (κ2) is 14.4. The van der Waals surface area contributed by atoms with Gasteiger partial charge in [0.05, 0.1) is 23.0 Å². The number of hydrogen-bond acceptors (Lipinski definition) is 10. The molecule has 2 saturated heterocycles. The number of aromatic nitrogens is 2. The molecule has 3 aliphatic heterocycles. The van der Waals surface area contributed by atoms with Crippen molar-refractivity contribution in [3.63, 3.8) is 0 Å². The van der Waals surface area contributed by atoms with E-state index in [0.29, 0.717) is 32.9 Å². The van der Waals surface area contributed by atoms with E-state index in [1.165, 1.54) is 21.7 Å². The molecule has 1 aromatic heterocycles. The molecule has 14 nitrogen and oxygen atoms in total. The van der Waals surface area contributed by atoms with Crippen LogP contribution in [0.3, 0.4) is 0 Å². The van der Waals surface area contributed by atoms with Gasteiger partial charge < -0.3 is 19.9 Å². The number of fused-ring (bicyclic) bond motifs is 1. The molecule has 2 fully saturated rings. The maximum Gasteiger partial charge on any atom is 0.282 e. The number of anilines is 2. The molecule has 3 aliphatic rings. The average Bonchev–Trinajstić information content (AvgIpc) is 3.39. The number of hydrogen-bond donors (Lipinski definition) is 2. The number of piperidine rings is 2. The minimum Gasteiger partial charge on any atom is -0.457 e. The van der Waals surface area contributed by atoms with E-state index in [1.54, 1.807) is 50.6 Å². The van der Waals surface area contributed by atoms with Gasteiger partial charge in [-0.2, -0.15) is 5.10 Å². The zero-order valence-corrected chi connectivity index (χ0v) is 30.8. The molecular weight excluding hydrogens is 746 g/mol. The fourth-order valence-corrected chi connectivity index (χ4v) is 7.58. The van der Waals surface area contributed by atoms with Crippen molar-refractivity contribution in [1.29, 1.82) is 0 Å². The molecule has 53 heavy (non-hydrogen) atoms. The van der Waals surface area contributed by atoms with E-state index in [-0.39, 0.29) is 47.4 Å². The van der Waals surface area contributed by atoms with Crippen molar-refractivity contribution < 1.29 is 28.7 Å². The first kappa shape index (κ1) is 35.7. The summed E-state index contributed by atoms with van der Waals surface area (Å²) in [6, 6.07) is 18.1. The fraction of sp³-hybridized carbons (Fsp3) is 0.289. The zero-order chi connectivity index (χ0) is 37.6. The topological polar surface area (TPSA) is 163 Å². The standard InChI is InChI=1S/C38H36BrN7O7/c1-43-19-23(15-24(20-43)41-30-18-40-45(3)38(52)33(30)39)21-7-9-22(10-8-21)35(49)44(2)25-5-4-6-26(16-25)53-27-11-12-28-29(17-27)37(51)46(36(28)50)31-13-14-32(47)42-34(31)48/h4-12,16-18,23-24,31,41H,13-15,19-20H2,1-3H3,(H,42,47,48)/t23-,24+,31?/m0/s1. The minimum absolute atomic E-state index is 0.0333. The number of likely N-dealkylation sites (tertiary alicyclic amines) is 1. The normalized spacial score (nSPS) is 20.2. The lowest BCUT2D eigenvalue weighted by Crippen LogP contribution is -2.54. The first-order valence-corrected chi connectivity index (χ1v) is 17.9. The number of carbonyl (C=O) groups excluding carboxylic acids is 5. The summed E-state index contributed by atoms with van der Waals surface area (Å²) in [4.78, 5) is 80.9. The van der Waals surface area contributed by atoms with Crippen molar-refractivity contribution in [2.75, 3.05) is 37.4 Å². The van der Waals surface area contributed by atoms with Gasteiger partial charge >= 0.3 is 0 Å². The molecule has 3 atom stereocenters. The van der Waals surface area contributed by atoms with E-state index < -0.39 is 29.7 Å². The Bertz CT molecular complexity index is 2220. The van der Waals surface area contributed by atoms with Crippen LogP contribution in [0.2, 0.25) is 0 Å². The molecule has 3 aromatic carbocycles. The van der Waals surface area contributed by atoms with Crippen LogP contribution >= 0.6 is 15.9 Å². The van der Waals surface area contributed by atoms with E-state index in [0.717, 1.165) is 30.0 Å². The smallest absolute Gasteiger partial charge is 0.282 e. The zero-order valence-electron chi connectivity index (χ0n) is 29.2. The summed E-state index contributed by atoms with van der Waals surface area (Å²) in [6.45, 7) is 1.65. The largest absolute Gasteiger partial charge is 0.457 e. The Morgan fingerprint density at radius 1 is 0.943 bits per heavy atom. The Morgan fingerprint density at radius 2 is 1.68 bits per heavy atom. The van der Waals surface area contributed by atoms with Gasteiger partial charge in [-0.3, -0.25) is 39.0 Å². The molecule has 0 spiro atoms.